The summed E-state index contributed by atoms with van der Waals surface area (Å²) in [5.41, 5.74) is 1.82. The van der Waals surface area contributed by atoms with Crippen LogP contribution < -0.4 is 5.32 Å². The molecule has 1 aromatic carbocycles. The number of rotatable bonds is 7. The predicted octanol–water partition coefficient (Wildman–Crippen LogP) is 2.73. The second kappa shape index (κ2) is 8.30. The van der Waals surface area contributed by atoms with Crippen LogP contribution in [0.15, 0.2) is 34.2 Å². The minimum Gasteiger partial charge on any atom is -0.383 e. The average Bonchev–Trinajstić information content (AvgIpc) is 2.93. The predicted molar refractivity (Wildman–Crippen MR) is 90.1 cm³/mol. The molecule has 6 nitrogen and oxygen atoms in total. The maximum atomic E-state index is 12.0. The van der Waals surface area contributed by atoms with Gasteiger partial charge in [0.1, 0.15) is 6.33 Å². The van der Waals surface area contributed by atoms with Gasteiger partial charge in [-0.2, -0.15) is 0 Å². The van der Waals surface area contributed by atoms with Crippen LogP contribution in [0.3, 0.4) is 0 Å². The molecule has 1 N–H and O–H groups in total. The number of hydrogen-bond acceptors (Lipinski definition) is 5. The van der Waals surface area contributed by atoms with Crippen LogP contribution in [-0.4, -0.2) is 40.1 Å². The Hall–Kier alpha value is -1.38. The van der Waals surface area contributed by atoms with Gasteiger partial charge in [0.15, 0.2) is 5.16 Å². The minimum atomic E-state index is -0.0725. The quantitative estimate of drug-likeness (QED) is 0.743. The highest BCUT2D eigenvalue weighted by molar-refractivity contribution is 9.10. The average molecular weight is 385 g/mol. The number of aromatic nitrogens is 3. The zero-order valence-corrected chi connectivity index (χ0v) is 14.8. The van der Waals surface area contributed by atoms with Gasteiger partial charge in [-0.1, -0.05) is 27.7 Å². The number of thioether (sulfide) groups is 1. The van der Waals surface area contributed by atoms with E-state index in [-0.39, 0.29) is 11.7 Å². The van der Waals surface area contributed by atoms with Gasteiger partial charge in [0.05, 0.1) is 12.4 Å². The van der Waals surface area contributed by atoms with Crippen molar-refractivity contribution < 1.29 is 9.53 Å². The van der Waals surface area contributed by atoms with Gasteiger partial charge >= 0.3 is 0 Å². The smallest absolute Gasteiger partial charge is 0.234 e. The topological polar surface area (TPSA) is 69.0 Å². The number of hydrogen-bond donors (Lipinski definition) is 1. The first-order valence-corrected chi connectivity index (χ1v) is 8.43. The summed E-state index contributed by atoms with van der Waals surface area (Å²) in [7, 11) is 1.64. The number of ether oxygens (including phenoxy) is 1. The minimum absolute atomic E-state index is 0.0725. The first-order chi connectivity index (χ1) is 10.6. The van der Waals surface area contributed by atoms with Gasteiger partial charge in [0.25, 0.3) is 0 Å². The number of aryl methyl sites for hydroxylation is 1. The first kappa shape index (κ1) is 17.0. The summed E-state index contributed by atoms with van der Waals surface area (Å²) in [6.45, 7) is 3.20. The maximum Gasteiger partial charge on any atom is 0.234 e. The lowest BCUT2D eigenvalue weighted by atomic mass is 10.2. The summed E-state index contributed by atoms with van der Waals surface area (Å²) in [5, 5.41) is 11.5. The summed E-state index contributed by atoms with van der Waals surface area (Å²) < 4.78 is 7.89. The molecule has 0 spiro atoms. The fourth-order valence-electron chi connectivity index (χ4n) is 1.78. The third-order valence-corrected chi connectivity index (χ3v) is 4.39. The number of methoxy groups -OCH3 is 1. The Morgan fingerprint density at radius 1 is 1.50 bits per heavy atom. The van der Waals surface area contributed by atoms with E-state index >= 15 is 0 Å². The van der Waals surface area contributed by atoms with Gasteiger partial charge in [-0.3, -0.25) is 4.79 Å². The summed E-state index contributed by atoms with van der Waals surface area (Å²) in [6, 6.07) is 5.74. The van der Waals surface area contributed by atoms with Crippen LogP contribution >= 0.6 is 27.7 Å². The van der Waals surface area contributed by atoms with Crippen molar-refractivity contribution in [2.75, 3.05) is 24.8 Å². The van der Waals surface area contributed by atoms with E-state index in [0.717, 1.165) is 15.7 Å². The number of amides is 1. The number of anilines is 1. The second-order valence-electron chi connectivity index (χ2n) is 4.60. The number of carbonyl (C=O) groups excluding carboxylic acids is 1. The number of halogens is 1. The third-order valence-electron chi connectivity index (χ3n) is 2.91. The molecule has 0 aliphatic heterocycles. The Morgan fingerprint density at radius 3 is 3.05 bits per heavy atom. The Kier molecular flexibility index (Phi) is 6.41. The van der Waals surface area contributed by atoms with E-state index in [9.17, 15) is 4.79 Å². The zero-order chi connectivity index (χ0) is 15.9. The standard InChI is InChI=1S/C14H17BrN4O2S/c1-10-7-11(15)3-4-12(10)17-13(20)8-22-14-18-16-9-19(14)5-6-21-2/h3-4,7,9H,5-6,8H2,1-2H3,(H,17,20). The molecule has 1 amide bonds. The fraction of sp³-hybridized carbons (Fsp3) is 0.357. The van der Waals surface area contributed by atoms with E-state index in [2.05, 4.69) is 31.4 Å². The first-order valence-electron chi connectivity index (χ1n) is 6.65. The number of carbonyl (C=O) groups is 1. The molecule has 118 valence electrons. The molecule has 0 fully saturated rings. The highest BCUT2D eigenvalue weighted by Gasteiger charge is 2.10. The van der Waals surface area contributed by atoms with Crippen LogP contribution in [0, 0.1) is 6.92 Å². The van der Waals surface area contributed by atoms with Gasteiger partial charge in [-0.25, -0.2) is 0 Å². The van der Waals surface area contributed by atoms with Crippen LogP contribution in [0.1, 0.15) is 5.56 Å². The molecule has 22 heavy (non-hydrogen) atoms. The van der Waals surface area contributed by atoms with Crippen molar-refractivity contribution in [2.45, 2.75) is 18.6 Å². The molecule has 8 heteroatoms. The van der Waals surface area contributed by atoms with Crippen LogP contribution in [0.4, 0.5) is 5.69 Å². The molecule has 0 unspecified atom stereocenters. The van der Waals surface area contributed by atoms with Gasteiger partial charge in [-0.05, 0) is 30.7 Å². The molecule has 0 bridgehead atoms. The van der Waals surface area contributed by atoms with Crippen molar-refractivity contribution in [3.8, 4) is 0 Å². The van der Waals surface area contributed by atoms with Crippen molar-refractivity contribution in [1.29, 1.82) is 0 Å². The Labute approximate surface area is 141 Å². The molecule has 0 aliphatic rings. The SMILES string of the molecule is COCCn1cnnc1SCC(=O)Nc1ccc(Br)cc1C. The Bertz CT molecular complexity index is 648. The lowest BCUT2D eigenvalue weighted by Crippen LogP contribution is -2.15. The summed E-state index contributed by atoms with van der Waals surface area (Å²) in [6.07, 6.45) is 1.64. The van der Waals surface area contributed by atoms with Crippen LogP contribution in [0.5, 0.6) is 0 Å². The highest BCUT2D eigenvalue weighted by Crippen LogP contribution is 2.21. The van der Waals surface area contributed by atoms with Crippen molar-refractivity contribution in [3.05, 3.63) is 34.6 Å². The zero-order valence-electron chi connectivity index (χ0n) is 12.4. The fourth-order valence-corrected chi connectivity index (χ4v) is 3.00. The molecule has 2 rings (SSSR count). The van der Waals surface area contributed by atoms with Gasteiger partial charge in [0.2, 0.25) is 5.91 Å². The number of benzene rings is 1. The molecular formula is C14H17BrN4O2S. The van der Waals surface area contributed by atoms with Crippen LogP contribution in [0.2, 0.25) is 0 Å². The molecule has 1 aromatic heterocycles. The Morgan fingerprint density at radius 2 is 2.32 bits per heavy atom. The third kappa shape index (κ3) is 4.82. The molecule has 0 aliphatic carbocycles. The van der Waals surface area contributed by atoms with Crippen LogP contribution in [0.25, 0.3) is 0 Å². The lowest BCUT2D eigenvalue weighted by molar-refractivity contribution is -0.113. The lowest BCUT2D eigenvalue weighted by Gasteiger charge is -2.09. The number of nitrogens with zero attached hydrogens (tertiary/aromatic N) is 3. The highest BCUT2D eigenvalue weighted by atomic mass is 79.9. The molecule has 2 aromatic rings. The van der Waals surface area contributed by atoms with Crippen molar-refractivity contribution >= 4 is 39.3 Å². The second-order valence-corrected chi connectivity index (χ2v) is 6.45. The molecular weight excluding hydrogens is 368 g/mol. The molecule has 1 heterocycles. The Balaban J connectivity index is 1.89. The molecule has 0 radical (unpaired) electrons. The summed E-state index contributed by atoms with van der Waals surface area (Å²) in [5.74, 6) is 0.206. The van der Waals surface area contributed by atoms with Crippen molar-refractivity contribution in [2.24, 2.45) is 0 Å². The molecule has 0 atom stereocenters. The van der Waals surface area contributed by atoms with E-state index in [0.29, 0.717) is 18.3 Å². The normalized spacial score (nSPS) is 10.7. The molecule has 0 saturated carbocycles. The van der Waals surface area contributed by atoms with Crippen molar-refractivity contribution in [1.82, 2.24) is 14.8 Å². The van der Waals surface area contributed by atoms with E-state index in [1.54, 1.807) is 13.4 Å². The van der Waals surface area contributed by atoms with Gasteiger partial charge in [0, 0.05) is 23.8 Å². The van der Waals surface area contributed by atoms with E-state index in [1.165, 1.54) is 11.8 Å². The van der Waals surface area contributed by atoms with E-state index in [4.69, 9.17) is 4.74 Å². The largest absolute Gasteiger partial charge is 0.383 e. The summed E-state index contributed by atoms with van der Waals surface area (Å²) >= 11 is 4.76. The molecule has 0 saturated heterocycles. The van der Waals surface area contributed by atoms with Gasteiger partial charge in [-0.15, -0.1) is 10.2 Å². The summed E-state index contributed by atoms with van der Waals surface area (Å²) in [4.78, 5) is 12.0. The van der Waals surface area contributed by atoms with Crippen molar-refractivity contribution in [3.63, 3.8) is 0 Å². The van der Waals surface area contributed by atoms with Gasteiger partial charge < -0.3 is 14.6 Å². The van der Waals surface area contributed by atoms with E-state index < -0.39 is 0 Å². The maximum absolute atomic E-state index is 12.0. The number of nitrogens with one attached hydrogen (secondary N) is 1. The van der Waals surface area contributed by atoms with E-state index in [1.807, 2.05) is 29.7 Å². The monoisotopic (exact) mass is 384 g/mol. The van der Waals surface area contributed by atoms with Crippen LogP contribution in [-0.2, 0) is 16.1 Å².